The van der Waals surface area contributed by atoms with Gasteiger partial charge in [-0.3, -0.25) is 9.69 Å². The van der Waals surface area contributed by atoms with Crippen molar-refractivity contribution in [3.8, 4) is 0 Å². The van der Waals surface area contributed by atoms with Gasteiger partial charge in [0, 0.05) is 26.2 Å². The molecule has 0 aromatic rings. The molecule has 5 heteroatoms. The molecule has 0 aliphatic carbocycles. The van der Waals surface area contributed by atoms with E-state index in [0.29, 0.717) is 11.7 Å². The molecule has 1 heterocycles. The Balaban J connectivity index is 2.25. The number of thiocarbonyl (C=S) groups is 1. The Kier molecular flexibility index (Phi) is 5.86. The van der Waals surface area contributed by atoms with Crippen LogP contribution in [0.2, 0.25) is 0 Å². The third-order valence-electron chi connectivity index (χ3n) is 2.55. The zero-order valence-electron chi connectivity index (χ0n) is 10.0. The zero-order valence-corrected chi connectivity index (χ0v) is 10.8. The monoisotopic (exact) mass is 253 g/mol. The molecular weight excluding hydrogens is 234 g/mol. The van der Waals surface area contributed by atoms with Gasteiger partial charge in [-0.2, -0.15) is 0 Å². The number of hydrogen-bond acceptors (Lipinski definition) is 3. The average Bonchev–Trinajstić information content (AvgIpc) is 2.58. The first kappa shape index (κ1) is 13.9. The smallest absolute Gasteiger partial charge is 0.245 e. The number of carbonyl (C=O) groups excluding carboxylic acids is 1. The second-order valence-electron chi connectivity index (χ2n) is 3.97. The second-order valence-corrected chi connectivity index (χ2v) is 4.35. The molecule has 4 nitrogen and oxygen atoms in total. The zero-order chi connectivity index (χ0) is 12.7. The van der Waals surface area contributed by atoms with Crippen LogP contribution >= 0.6 is 12.2 Å². The summed E-state index contributed by atoms with van der Waals surface area (Å²) in [5, 5.41) is 3.18. The fraction of sp³-hybridized carbons (Fsp3) is 0.500. The van der Waals surface area contributed by atoms with Crippen LogP contribution in [0.15, 0.2) is 25.3 Å². The highest BCUT2D eigenvalue weighted by molar-refractivity contribution is 7.80. The van der Waals surface area contributed by atoms with Crippen molar-refractivity contribution >= 4 is 23.2 Å². The van der Waals surface area contributed by atoms with Crippen LogP contribution in [-0.4, -0.2) is 53.5 Å². The number of rotatable bonds is 8. The van der Waals surface area contributed by atoms with Crippen LogP contribution in [0.4, 0.5) is 0 Å². The molecule has 0 aromatic carbocycles. The van der Waals surface area contributed by atoms with Crippen molar-refractivity contribution < 1.29 is 4.79 Å². The first-order valence-corrected chi connectivity index (χ1v) is 6.11. The molecule has 94 valence electrons. The molecule has 0 aromatic heterocycles. The van der Waals surface area contributed by atoms with Crippen molar-refractivity contribution in [2.75, 3.05) is 32.7 Å². The van der Waals surface area contributed by atoms with Gasteiger partial charge in [-0.25, -0.2) is 0 Å². The van der Waals surface area contributed by atoms with Crippen LogP contribution in [0.1, 0.15) is 6.42 Å². The van der Waals surface area contributed by atoms with E-state index < -0.39 is 0 Å². The van der Waals surface area contributed by atoms with Crippen LogP contribution in [-0.2, 0) is 4.79 Å². The molecule has 17 heavy (non-hydrogen) atoms. The number of amides is 1. The quantitative estimate of drug-likeness (QED) is 0.512. The van der Waals surface area contributed by atoms with Crippen LogP contribution < -0.4 is 5.32 Å². The van der Waals surface area contributed by atoms with E-state index in [4.69, 9.17) is 12.2 Å². The van der Waals surface area contributed by atoms with E-state index >= 15 is 0 Å². The minimum atomic E-state index is -0.0101. The standard InChI is InChI=1S/C12H19N3OS/c1-3-6-14(7-4-2)8-5-9-15-10-11(16)13-12(15)17/h3-4H,1-2,5-10H2,(H,13,16,17). The predicted octanol–water partition coefficient (Wildman–Crippen LogP) is 0.767. The highest BCUT2D eigenvalue weighted by Gasteiger charge is 2.22. The lowest BCUT2D eigenvalue weighted by molar-refractivity contribution is -0.118. The van der Waals surface area contributed by atoms with Gasteiger partial charge in [0.2, 0.25) is 5.91 Å². The fourth-order valence-electron chi connectivity index (χ4n) is 1.77. The maximum absolute atomic E-state index is 11.1. The van der Waals surface area contributed by atoms with E-state index in [1.165, 1.54) is 0 Å². The van der Waals surface area contributed by atoms with Gasteiger partial charge in [-0.15, -0.1) is 13.2 Å². The summed E-state index contributed by atoms with van der Waals surface area (Å²) in [7, 11) is 0. The summed E-state index contributed by atoms with van der Waals surface area (Å²) >= 11 is 5.05. The van der Waals surface area contributed by atoms with Gasteiger partial charge in [0.05, 0.1) is 6.54 Å². The summed E-state index contributed by atoms with van der Waals surface area (Å²) < 4.78 is 0. The first-order valence-electron chi connectivity index (χ1n) is 5.70. The summed E-state index contributed by atoms with van der Waals surface area (Å²) in [6.45, 7) is 11.3. The van der Waals surface area contributed by atoms with E-state index in [0.717, 1.165) is 32.6 Å². The molecule has 1 aliphatic heterocycles. The Labute approximate surface area is 108 Å². The molecule has 0 saturated carbocycles. The maximum Gasteiger partial charge on any atom is 0.245 e. The molecule has 0 bridgehead atoms. The van der Waals surface area contributed by atoms with Gasteiger partial charge >= 0.3 is 0 Å². The SMILES string of the molecule is C=CCN(CC=C)CCCN1CC(=O)NC1=S. The van der Waals surface area contributed by atoms with E-state index in [1.807, 2.05) is 17.1 Å². The minimum absolute atomic E-state index is 0.0101. The van der Waals surface area contributed by atoms with Gasteiger partial charge in [0.25, 0.3) is 0 Å². The van der Waals surface area contributed by atoms with Gasteiger partial charge < -0.3 is 10.2 Å². The molecule has 1 aliphatic rings. The number of nitrogens with one attached hydrogen (secondary N) is 1. The normalized spacial score (nSPS) is 15.2. The molecule has 1 N–H and O–H groups in total. The van der Waals surface area contributed by atoms with Crippen LogP contribution in [0, 0.1) is 0 Å². The van der Waals surface area contributed by atoms with E-state index in [2.05, 4.69) is 23.4 Å². The third kappa shape index (κ3) is 4.66. The summed E-state index contributed by atoms with van der Waals surface area (Å²) in [6.07, 6.45) is 4.74. The van der Waals surface area contributed by atoms with Crippen molar-refractivity contribution in [3.63, 3.8) is 0 Å². The highest BCUT2D eigenvalue weighted by atomic mass is 32.1. The first-order chi connectivity index (χ1) is 8.17. The van der Waals surface area contributed by atoms with Crippen LogP contribution in [0.3, 0.4) is 0 Å². The summed E-state index contributed by atoms with van der Waals surface area (Å²) in [6, 6.07) is 0. The molecule has 0 spiro atoms. The minimum Gasteiger partial charge on any atom is -0.340 e. The van der Waals surface area contributed by atoms with Crippen molar-refractivity contribution in [1.29, 1.82) is 0 Å². The number of nitrogens with zero attached hydrogens (tertiary/aromatic N) is 2. The molecular formula is C12H19N3OS. The van der Waals surface area contributed by atoms with Crippen LogP contribution in [0.25, 0.3) is 0 Å². The Morgan fingerprint density at radius 1 is 1.41 bits per heavy atom. The molecule has 0 atom stereocenters. The van der Waals surface area contributed by atoms with Gasteiger partial charge in [0.1, 0.15) is 0 Å². The van der Waals surface area contributed by atoms with E-state index in [1.54, 1.807) is 0 Å². The summed E-state index contributed by atoms with van der Waals surface area (Å²) in [5.41, 5.74) is 0. The molecule has 1 fully saturated rings. The lowest BCUT2D eigenvalue weighted by Crippen LogP contribution is -2.32. The molecule has 0 radical (unpaired) electrons. The Morgan fingerprint density at radius 3 is 2.53 bits per heavy atom. The number of carbonyl (C=O) groups is 1. The Morgan fingerprint density at radius 2 is 2.06 bits per heavy atom. The van der Waals surface area contributed by atoms with Crippen LogP contribution in [0.5, 0.6) is 0 Å². The summed E-state index contributed by atoms with van der Waals surface area (Å²) in [5.74, 6) is -0.0101. The van der Waals surface area contributed by atoms with E-state index in [-0.39, 0.29) is 5.91 Å². The van der Waals surface area contributed by atoms with Gasteiger partial charge in [-0.1, -0.05) is 12.2 Å². The maximum atomic E-state index is 11.1. The van der Waals surface area contributed by atoms with Crippen molar-refractivity contribution in [3.05, 3.63) is 25.3 Å². The molecule has 0 unspecified atom stereocenters. The topological polar surface area (TPSA) is 35.6 Å². The largest absolute Gasteiger partial charge is 0.340 e. The lowest BCUT2D eigenvalue weighted by Gasteiger charge is -2.21. The molecule has 1 saturated heterocycles. The fourth-order valence-corrected chi connectivity index (χ4v) is 2.04. The number of hydrogen-bond donors (Lipinski definition) is 1. The Hall–Kier alpha value is -1.20. The second kappa shape index (κ2) is 7.19. The van der Waals surface area contributed by atoms with Gasteiger partial charge in [-0.05, 0) is 18.6 Å². The third-order valence-corrected chi connectivity index (χ3v) is 2.91. The van der Waals surface area contributed by atoms with Crippen molar-refractivity contribution in [2.45, 2.75) is 6.42 Å². The Bertz CT molecular complexity index is 307. The molecule has 1 amide bonds. The summed E-state index contributed by atoms with van der Waals surface area (Å²) in [4.78, 5) is 15.2. The van der Waals surface area contributed by atoms with Crippen molar-refractivity contribution in [2.24, 2.45) is 0 Å². The molecule has 1 rings (SSSR count). The average molecular weight is 253 g/mol. The lowest BCUT2D eigenvalue weighted by atomic mass is 10.3. The van der Waals surface area contributed by atoms with Crippen molar-refractivity contribution in [1.82, 2.24) is 15.1 Å². The highest BCUT2D eigenvalue weighted by Crippen LogP contribution is 2.01. The predicted molar refractivity (Wildman–Crippen MR) is 73.8 cm³/mol. The van der Waals surface area contributed by atoms with Gasteiger partial charge in [0.15, 0.2) is 5.11 Å². The van der Waals surface area contributed by atoms with E-state index in [9.17, 15) is 4.79 Å².